The zero-order valence-corrected chi connectivity index (χ0v) is 18.0. The van der Waals surface area contributed by atoms with Gasteiger partial charge in [0.05, 0.1) is 17.6 Å². The van der Waals surface area contributed by atoms with E-state index in [0.717, 1.165) is 22.6 Å². The summed E-state index contributed by atoms with van der Waals surface area (Å²) in [7, 11) is 0. The van der Waals surface area contributed by atoms with Crippen molar-refractivity contribution in [2.24, 2.45) is 0 Å². The van der Waals surface area contributed by atoms with Crippen LogP contribution in [0.15, 0.2) is 42.5 Å². The summed E-state index contributed by atoms with van der Waals surface area (Å²) in [6.45, 7) is 9.43. The number of hydrogen-bond donors (Lipinski definition) is 1. The van der Waals surface area contributed by atoms with Gasteiger partial charge in [-0.1, -0.05) is 57.0 Å². The second kappa shape index (κ2) is 7.83. The molecule has 1 N–H and O–H groups in total. The summed E-state index contributed by atoms with van der Waals surface area (Å²) < 4.78 is 8.30. The number of fused-ring (bicyclic) bond motifs is 1. The van der Waals surface area contributed by atoms with Crippen molar-refractivity contribution in [2.45, 2.75) is 70.9 Å². The van der Waals surface area contributed by atoms with Crippen LogP contribution in [0.25, 0.3) is 11.0 Å². The Hall–Kier alpha value is -2.33. The topological polar surface area (TPSA) is 47.3 Å². The van der Waals surface area contributed by atoms with Crippen molar-refractivity contribution in [3.05, 3.63) is 59.4 Å². The van der Waals surface area contributed by atoms with Crippen molar-refractivity contribution < 1.29 is 9.84 Å². The summed E-state index contributed by atoms with van der Waals surface area (Å²) in [5.41, 5.74) is 4.49. The van der Waals surface area contributed by atoms with Crippen LogP contribution in [-0.2, 0) is 12.0 Å². The third-order valence-electron chi connectivity index (χ3n) is 5.92. The van der Waals surface area contributed by atoms with E-state index in [1.807, 2.05) is 18.2 Å². The molecule has 1 aromatic heterocycles. The number of rotatable bonds is 6. The molecule has 1 unspecified atom stereocenters. The Morgan fingerprint density at radius 2 is 1.93 bits per heavy atom. The highest BCUT2D eigenvalue weighted by molar-refractivity contribution is 5.76. The van der Waals surface area contributed by atoms with Gasteiger partial charge in [-0.25, -0.2) is 4.98 Å². The average Bonchev–Trinajstić information content (AvgIpc) is 2.96. The Balaban J connectivity index is 1.52. The number of hydrogen-bond acceptors (Lipinski definition) is 3. The standard InChI is InChI=1S/C25H32N2O2/c1-17-12-13-23(20(14-17)25(2,3)4)29-16-19(28)15-27-22-11-6-5-10-21(22)26-24(27)18-8-7-9-18/h5-6,10-14,18-19,28H,7-9,15-16H2,1-4H3. The molecule has 0 radical (unpaired) electrons. The van der Waals surface area contributed by atoms with Gasteiger partial charge in [0.15, 0.2) is 0 Å². The van der Waals surface area contributed by atoms with Gasteiger partial charge in [-0.3, -0.25) is 0 Å². The first-order chi connectivity index (χ1) is 13.8. The van der Waals surface area contributed by atoms with Gasteiger partial charge in [0.1, 0.15) is 24.3 Å². The molecule has 0 aliphatic heterocycles. The second-order valence-electron chi connectivity index (χ2n) is 9.41. The van der Waals surface area contributed by atoms with Crippen LogP contribution in [0.4, 0.5) is 0 Å². The smallest absolute Gasteiger partial charge is 0.123 e. The quantitative estimate of drug-likeness (QED) is 0.615. The zero-order valence-electron chi connectivity index (χ0n) is 18.0. The number of benzene rings is 2. The lowest BCUT2D eigenvalue weighted by Gasteiger charge is -2.27. The van der Waals surface area contributed by atoms with Gasteiger partial charge in [-0.15, -0.1) is 0 Å². The van der Waals surface area contributed by atoms with Crippen LogP contribution in [0.2, 0.25) is 0 Å². The average molecular weight is 393 g/mol. The van der Waals surface area contributed by atoms with E-state index in [9.17, 15) is 5.11 Å². The number of para-hydroxylation sites is 2. The van der Waals surface area contributed by atoms with Gasteiger partial charge in [0.2, 0.25) is 0 Å². The maximum absolute atomic E-state index is 10.8. The molecule has 0 saturated heterocycles. The van der Waals surface area contributed by atoms with E-state index in [1.54, 1.807) is 0 Å². The molecule has 1 fully saturated rings. The van der Waals surface area contributed by atoms with Crippen LogP contribution >= 0.6 is 0 Å². The van der Waals surface area contributed by atoms with E-state index in [-0.39, 0.29) is 12.0 Å². The highest BCUT2D eigenvalue weighted by Gasteiger charge is 2.27. The lowest BCUT2D eigenvalue weighted by atomic mass is 9.85. The Kier molecular flexibility index (Phi) is 5.39. The molecule has 4 heteroatoms. The van der Waals surface area contributed by atoms with E-state index in [1.165, 1.54) is 30.4 Å². The van der Waals surface area contributed by atoms with E-state index in [4.69, 9.17) is 9.72 Å². The first-order valence-electron chi connectivity index (χ1n) is 10.7. The molecule has 2 aromatic carbocycles. The third kappa shape index (κ3) is 4.18. The minimum Gasteiger partial charge on any atom is -0.491 e. The molecular formula is C25H32N2O2. The highest BCUT2D eigenvalue weighted by Crippen LogP contribution is 2.37. The van der Waals surface area contributed by atoms with Crippen molar-refractivity contribution in [2.75, 3.05) is 6.61 Å². The van der Waals surface area contributed by atoms with E-state index >= 15 is 0 Å². The molecule has 1 atom stereocenters. The maximum atomic E-state index is 10.8. The van der Waals surface area contributed by atoms with Crippen molar-refractivity contribution >= 4 is 11.0 Å². The summed E-state index contributed by atoms with van der Waals surface area (Å²) in [4.78, 5) is 4.87. The first kappa shape index (κ1) is 20.0. The van der Waals surface area contributed by atoms with Crippen LogP contribution < -0.4 is 4.74 Å². The third-order valence-corrected chi connectivity index (χ3v) is 5.92. The molecule has 154 valence electrons. The summed E-state index contributed by atoms with van der Waals surface area (Å²) in [6.07, 6.45) is 3.05. The van der Waals surface area contributed by atoms with E-state index in [2.05, 4.69) is 56.5 Å². The lowest BCUT2D eigenvalue weighted by molar-refractivity contribution is 0.0910. The Morgan fingerprint density at radius 3 is 2.62 bits per heavy atom. The Morgan fingerprint density at radius 1 is 1.17 bits per heavy atom. The second-order valence-corrected chi connectivity index (χ2v) is 9.41. The summed E-state index contributed by atoms with van der Waals surface area (Å²) in [5.74, 6) is 2.49. The number of imidazole rings is 1. The van der Waals surface area contributed by atoms with Gasteiger partial charge in [-0.05, 0) is 48.9 Å². The molecule has 4 rings (SSSR count). The molecule has 3 aromatic rings. The van der Waals surface area contributed by atoms with E-state index in [0.29, 0.717) is 12.5 Å². The minimum atomic E-state index is -0.597. The zero-order chi connectivity index (χ0) is 20.6. The van der Waals surface area contributed by atoms with Crippen LogP contribution in [0.1, 0.15) is 62.9 Å². The minimum absolute atomic E-state index is 0.00967. The number of aryl methyl sites for hydroxylation is 1. The summed E-state index contributed by atoms with van der Waals surface area (Å²) in [5, 5.41) is 10.8. The predicted octanol–water partition coefficient (Wildman–Crippen LogP) is 5.35. The number of nitrogens with zero attached hydrogens (tertiary/aromatic N) is 2. The summed E-state index contributed by atoms with van der Waals surface area (Å²) >= 11 is 0. The van der Waals surface area contributed by atoms with Crippen molar-refractivity contribution in [1.29, 1.82) is 0 Å². The molecule has 1 aliphatic carbocycles. The van der Waals surface area contributed by atoms with Crippen molar-refractivity contribution in [3.63, 3.8) is 0 Å². The molecule has 0 spiro atoms. The fourth-order valence-electron chi connectivity index (χ4n) is 4.07. The maximum Gasteiger partial charge on any atom is 0.123 e. The molecular weight excluding hydrogens is 360 g/mol. The molecule has 0 amide bonds. The van der Waals surface area contributed by atoms with Gasteiger partial charge in [-0.2, -0.15) is 0 Å². The molecule has 1 heterocycles. The van der Waals surface area contributed by atoms with Gasteiger partial charge in [0, 0.05) is 5.92 Å². The lowest BCUT2D eigenvalue weighted by Crippen LogP contribution is -2.27. The fourth-order valence-corrected chi connectivity index (χ4v) is 4.07. The number of ether oxygens (including phenoxy) is 1. The van der Waals surface area contributed by atoms with Gasteiger partial charge < -0.3 is 14.4 Å². The molecule has 0 bridgehead atoms. The monoisotopic (exact) mass is 392 g/mol. The van der Waals surface area contributed by atoms with Crippen LogP contribution in [0, 0.1) is 6.92 Å². The molecule has 1 aliphatic rings. The van der Waals surface area contributed by atoms with Crippen LogP contribution in [-0.4, -0.2) is 27.4 Å². The molecule has 4 nitrogen and oxygen atoms in total. The fraction of sp³-hybridized carbons (Fsp3) is 0.480. The van der Waals surface area contributed by atoms with E-state index < -0.39 is 6.10 Å². The normalized spacial score (nSPS) is 16.0. The van der Waals surface area contributed by atoms with Crippen molar-refractivity contribution in [3.8, 4) is 5.75 Å². The molecule has 1 saturated carbocycles. The Labute approximate surface area is 173 Å². The van der Waals surface area contributed by atoms with Crippen LogP contribution in [0.5, 0.6) is 5.75 Å². The Bertz CT molecular complexity index is 996. The highest BCUT2D eigenvalue weighted by atomic mass is 16.5. The van der Waals surface area contributed by atoms with Gasteiger partial charge >= 0.3 is 0 Å². The van der Waals surface area contributed by atoms with Gasteiger partial charge in [0.25, 0.3) is 0 Å². The molecule has 29 heavy (non-hydrogen) atoms. The number of aliphatic hydroxyl groups is 1. The largest absolute Gasteiger partial charge is 0.491 e. The number of aliphatic hydroxyl groups excluding tert-OH is 1. The van der Waals surface area contributed by atoms with Crippen LogP contribution in [0.3, 0.4) is 0 Å². The van der Waals surface area contributed by atoms with Crippen molar-refractivity contribution in [1.82, 2.24) is 9.55 Å². The SMILES string of the molecule is Cc1ccc(OCC(O)Cn2c(C3CCC3)nc3ccccc32)c(C(C)(C)C)c1. The predicted molar refractivity (Wildman–Crippen MR) is 118 cm³/mol. The number of aromatic nitrogens is 2. The summed E-state index contributed by atoms with van der Waals surface area (Å²) in [6, 6.07) is 14.5. The first-order valence-corrected chi connectivity index (χ1v) is 10.7.